The zero-order valence-electron chi connectivity index (χ0n) is 46.2. The number of para-hydroxylation sites is 6. The molecule has 0 radical (unpaired) electrons. The Morgan fingerprint density at radius 2 is 0.938 bits per heavy atom. The minimum absolute atomic E-state index is 0.347. The summed E-state index contributed by atoms with van der Waals surface area (Å²) < 4.78 is 14.5. The van der Waals surface area contributed by atoms with Crippen molar-refractivity contribution in [2.75, 3.05) is 9.80 Å². The number of benzene rings is 11. The molecule has 2 fully saturated rings. The first-order chi connectivity index (χ1) is 40.0. The van der Waals surface area contributed by atoms with Gasteiger partial charge in [0.15, 0.2) is 11.2 Å². The van der Waals surface area contributed by atoms with E-state index in [0.29, 0.717) is 11.8 Å². The second kappa shape index (κ2) is 19.2. The predicted molar refractivity (Wildman–Crippen MR) is 340 cm³/mol. The van der Waals surface area contributed by atoms with Crippen LogP contribution in [0.4, 0.5) is 34.1 Å². The van der Waals surface area contributed by atoms with Crippen LogP contribution in [0.25, 0.3) is 87.7 Å². The number of hydrogen-bond donors (Lipinski definition) is 0. The molecular weight excluding hydrogens is 985 g/mol. The second-order valence-electron chi connectivity index (χ2n) is 23.9. The lowest BCUT2D eigenvalue weighted by Crippen LogP contribution is -2.17. The van der Waals surface area contributed by atoms with Crippen molar-refractivity contribution < 1.29 is 8.83 Å². The molecule has 0 unspecified atom stereocenters. The zero-order valence-corrected chi connectivity index (χ0v) is 46.2. The summed E-state index contributed by atoms with van der Waals surface area (Å²) in [7, 11) is 0. The van der Waals surface area contributed by atoms with Crippen LogP contribution in [0.2, 0.25) is 0 Å². The van der Waals surface area contributed by atoms with Crippen molar-refractivity contribution in [1.29, 1.82) is 0 Å². The highest BCUT2D eigenvalue weighted by Gasteiger charge is 2.41. The van der Waals surface area contributed by atoms with E-state index in [1.165, 1.54) is 136 Å². The highest BCUT2D eigenvalue weighted by atomic mass is 16.3. The first-order valence-corrected chi connectivity index (χ1v) is 29.8. The van der Waals surface area contributed by atoms with Crippen molar-refractivity contribution in [3.63, 3.8) is 0 Å². The van der Waals surface area contributed by atoms with Gasteiger partial charge in [0, 0.05) is 60.5 Å². The minimum Gasteiger partial charge on any atom is -0.454 e. The van der Waals surface area contributed by atoms with Gasteiger partial charge in [0.25, 0.3) is 0 Å². The summed E-state index contributed by atoms with van der Waals surface area (Å²) in [5.74, 6) is 1.18. The molecular formula is C77H64N2O2. The fourth-order valence-electron chi connectivity index (χ4n) is 15.1. The number of fused-ring (bicyclic) bond motifs is 12. The Morgan fingerprint density at radius 1 is 0.383 bits per heavy atom. The minimum atomic E-state index is -0.347. The Labute approximate surface area is 473 Å². The second-order valence-corrected chi connectivity index (χ2v) is 23.9. The van der Waals surface area contributed by atoms with Gasteiger partial charge in [-0.3, -0.25) is 0 Å². The van der Waals surface area contributed by atoms with Gasteiger partial charge in [-0.25, -0.2) is 0 Å². The van der Waals surface area contributed by atoms with E-state index in [9.17, 15) is 0 Å². The van der Waals surface area contributed by atoms with Crippen LogP contribution < -0.4 is 9.80 Å². The van der Waals surface area contributed by atoms with E-state index in [1.54, 1.807) is 0 Å². The third kappa shape index (κ3) is 7.70. The maximum Gasteiger partial charge on any atom is 0.159 e. The van der Waals surface area contributed by atoms with Crippen LogP contribution in [0.15, 0.2) is 227 Å². The van der Waals surface area contributed by atoms with E-state index in [2.05, 4.69) is 242 Å². The van der Waals surface area contributed by atoms with Gasteiger partial charge in [0.2, 0.25) is 0 Å². The van der Waals surface area contributed by atoms with Gasteiger partial charge in [-0.05, 0) is 142 Å². The van der Waals surface area contributed by atoms with E-state index in [4.69, 9.17) is 8.83 Å². The first kappa shape index (κ1) is 48.1. The van der Waals surface area contributed by atoms with E-state index >= 15 is 0 Å². The molecule has 2 aromatic heterocycles. The summed E-state index contributed by atoms with van der Waals surface area (Å²) >= 11 is 0. The van der Waals surface area contributed by atoms with Crippen LogP contribution in [0.5, 0.6) is 0 Å². The summed E-state index contributed by atoms with van der Waals surface area (Å²) in [5, 5.41) is 9.45. The van der Waals surface area contributed by atoms with Gasteiger partial charge in [-0.1, -0.05) is 216 Å². The Bertz CT molecular complexity index is 4570. The fourth-order valence-corrected chi connectivity index (χ4v) is 15.1. The average Bonchev–Trinajstić information content (AvgIpc) is 4.30. The third-order valence-corrected chi connectivity index (χ3v) is 19.0. The number of nitrogens with zero attached hydrogens (tertiary/aromatic N) is 2. The van der Waals surface area contributed by atoms with E-state index in [1.807, 2.05) is 0 Å². The molecule has 0 N–H and O–H groups in total. The Kier molecular flexibility index (Phi) is 11.4. The van der Waals surface area contributed by atoms with Gasteiger partial charge in [-0.2, -0.15) is 0 Å². The molecule has 3 aliphatic rings. The smallest absolute Gasteiger partial charge is 0.159 e. The molecule has 0 saturated heterocycles. The summed E-state index contributed by atoms with van der Waals surface area (Å²) in [6, 6.07) is 81.2. The Hall–Kier alpha value is -8.86. The number of anilines is 6. The zero-order chi connectivity index (χ0) is 53.8. The molecule has 3 aliphatic carbocycles. The van der Waals surface area contributed by atoms with E-state index in [-0.39, 0.29) is 5.41 Å². The molecule has 2 saturated carbocycles. The van der Waals surface area contributed by atoms with E-state index in [0.717, 1.165) is 72.5 Å². The highest BCUT2D eigenvalue weighted by Crippen LogP contribution is 2.59. The summed E-state index contributed by atoms with van der Waals surface area (Å²) in [6.45, 7) is 4.86. The van der Waals surface area contributed by atoms with Crippen molar-refractivity contribution in [2.45, 2.75) is 95.3 Å². The molecule has 2 heterocycles. The lowest BCUT2D eigenvalue weighted by Gasteiger charge is -2.30. The van der Waals surface area contributed by atoms with Gasteiger partial charge in [-0.15, -0.1) is 0 Å². The molecule has 0 bridgehead atoms. The monoisotopic (exact) mass is 1050 g/mol. The molecule has 4 heteroatoms. The van der Waals surface area contributed by atoms with Gasteiger partial charge < -0.3 is 18.6 Å². The molecule has 394 valence electrons. The number of furan rings is 2. The van der Waals surface area contributed by atoms with Crippen molar-refractivity contribution in [3.8, 4) is 22.3 Å². The standard InChI is InChI=1S/C77H64N2O2/c1-77(2)67-48-53-25-15-16-30-59(53)72(79(56-28-13-6-14-29-56)69-38-20-36-65-63-33-17-31-60(73(63)81-76(65)69)51-23-9-4-10-24-51)70(67)66-45-43-54-47-57(44-46-58(54)71(66)77)78(55-26-11-5-12-27-55)68-37-19-35-64-62-34-18-32-61(74(62)80-75(64)68)52-41-39-50(40-42-52)49-21-7-3-8-22-49/h5-6,11-20,25-49,51H,3-4,7-10,21-24H2,1-2H3. The lowest BCUT2D eigenvalue weighted by molar-refractivity contribution is 0.442. The fraction of sp³-hybridized carbons (Fsp3) is 0.195. The van der Waals surface area contributed by atoms with Crippen LogP contribution in [-0.2, 0) is 5.41 Å². The lowest BCUT2D eigenvalue weighted by atomic mass is 9.79. The van der Waals surface area contributed by atoms with E-state index < -0.39 is 0 Å². The highest BCUT2D eigenvalue weighted by molar-refractivity contribution is 6.17. The normalized spacial score (nSPS) is 15.5. The first-order valence-electron chi connectivity index (χ1n) is 29.8. The van der Waals surface area contributed by atoms with Gasteiger partial charge >= 0.3 is 0 Å². The maximum absolute atomic E-state index is 7.32. The predicted octanol–water partition coefficient (Wildman–Crippen LogP) is 22.8. The molecule has 81 heavy (non-hydrogen) atoms. The molecule has 0 atom stereocenters. The van der Waals surface area contributed by atoms with Crippen LogP contribution in [0.1, 0.15) is 112 Å². The van der Waals surface area contributed by atoms with Crippen molar-refractivity contribution in [1.82, 2.24) is 0 Å². The molecule has 0 amide bonds. The van der Waals surface area contributed by atoms with Crippen molar-refractivity contribution in [3.05, 3.63) is 241 Å². The quantitative estimate of drug-likeness (QED) is 0.144. The number of rotatable bonds is 9. The molecule has 16 rings (SSSR count). The van der Waals surface area contributed by atoms with Gasteiger partial charge in [0.1, 0.15) is 11.2 Å². The molecule has 11 aromatic carbocycles. The topological polar surface area (TPSA) is 32.8 Å². The third-order valence-electron chi connectivity index (χ3n) is 19.0. The largest absolute Gasteiger partial charge is 0.454 e. The van der Waals surface area contributed by atoms with Crippen LogP contribution in [0, 0.1) is 0 Å². The van der Waals surface area contributed by atoms with Crippen molar-refractivity contribution in [2.24, 2.45) is 0 Å². The Balaban J connectivity index is 0.857. The summed E-state index contributed by atoms with van der Waals surface area (Å²) in [5.41, 5.74) is 20.2. The number of hydrogen-bond acceptors (Lipinski definition) is 4. The maximum atomic E-state index is 7.32. The van der Waals surface area contributed by atoms with Crippen LogP contribution in [0.3, 0.4) is 0 Å². The van der Waals surface area contributed by atoms with Crippen LogP contribution >= 0.6 is 0 Å². The summed E-state index contributed by atoms with van der Waals surface area (Å²) in [6.07, 6.45) is 12.9. The Morgan fingerprint density at radius 3 is 1.64 bits per heavy atom. The molecule has 0 aliphatic heterocycles. The SMILES string of the molecule is CC1(C)c2cc3ccccc3c(N(c3ccccc3)c3cccc4c3oc3c(C5CCCCC5)cccc34)c2-c2ccc3cc(N(c4ccccc4)c4cccc5c4oc4c(-c6ccc(C7CCCCC7)cc6)cccc45)ccc3c21. The van der Waals surface area contributed by atoms with Gasteiger partial charge in [0.05, 0.1) is 17.1 Å². The molecule has 4 nitrogen and oxygen atoms in total. The van der Waals surface area contributed by atoms with Crippen molar-refractivity contribution >= 4 is 99.5 Å². The van der Waals surface area contributed by atoms with Crippen LogP contribution in [-0.4, -0.2) is 0 Å². The molecule has 0 spiro atoms. The average molecular weight is 1050 g/mol. The molecule has 13 aromatic rings. The summed E-state index contributed by atoms with van der Waals surface area (Å²) in [4.78, 5) is 4.90.